The van der Waals surface area contributed by atoms with E-state index in [9.17, 15) is 0 Å². The van der Waals surface area contributed by atoms with Crippen LogP contribution in [0.1, 0.15) is 51.0 Å². The Hall–Kier alpha value is -0.740. The number of nitrogens with one attached hydrogen (secondary N) is 1. The second kappa shape index (κ2) is 6.53. The first kappa shape index (κ1) is 16.7. The van der Waals surface area contributed by atoms with Crippen LogP contribution in [0.3, 0.4) is 0 Å². The fourth-order valence-corrected chi connectivity index (χ4v) is 6.31. The maximum atomic E-state index is 5.90. The van der Waals surface area contributed by atoms with E-state index in [0.717, 1.165) is 40.3 Å². The van der Waals surface area contributed by atoms with Gasteiger partial charge in [-0.15, -0.1) is 0 Å². The van der Waals surface area contributed by atoms with Gasteiger partial charge < -0.3 is 14.8 Å². The summed E-state index contributed by atoms with van der Waals surface area (Å²) in [7, 11) is 1.71. The molecule has 0 heterocycles. The van der Waals surface area contributed by atoms with E-state index in [1.54, 1.807) is 7.11 Å². The Balaban J connectivity index is 1.54. The van der Waals surface area contributed by atoms with Crippen LogP contribution < -0.4 is 14.8 Å². The molecule has 0 radical (unpaired) electrons. The van der Waals surface area contributed by atoms with E-state index in [1.807, 2.05) is 13.0 Å². The van der Waals surface area contributed by atoms with Gasteiger partial charge in [0, 0.05) is 22.1 Å². The van der Waals surface area contributed by atoms with Gasteiger partial charge in [0.2, 0.25) is 0 Å². The molecule has 132 valence electrons. The summed E-state index contributed by atoms with van der Waals surface area (Å²) in [5, 5.41) is 3.96. The smallest absolute Gasteiger partial charge is 0.165 e. The first-order valence-corrected chi connectivity index (χ1v) is 10.1. The van der Waals surface area contributed by atoms with Crippen molar-refractivity contribution in [1.29, 1.82) is 0 Å². The van der Waals surface area contributed by atoms with Crippen LogP contribution in [0.15, 0.2) is 16.6 Å². The molecule has 4 bridgehead atoms. The highest BCUT2D eigenvalue weighted by molar-refractivity contribution is 9.10. The van der Waals surface area contributed by atoms with Gasteiger partial charge in [0.05, 0.1) is 13.7 Å². The Morgan fingerprint density at radius 3 is 2.29 bits per heavy atom. The number of methoxy groups -OCH3 is 1. The molecule has 4 saturated carbocycles. The van der Waals surface area contributed by atoms with Gasteiger partial charge >= 0.3 is 0 Å². The van der Waals surface area contributed by atoms with E-state index in [2.05, 4.69) is 27.3 Å². The van der Waals surface area contributed by atoms with Gasteiger partial charge in [-0.1, -0.05) is 15.9 Å². The summed E-state index contributed by atoms with van der Waals surface area (Å²) >= 11 is 3.61. The van der Waals surface area contributed by atoms with E-state index in [-0.39, 0.29) is 0 Å². The van der Waals surface area contributed by atoms with Crippen molar-refractivity contribution in [3.8, 4) is 11.5 Å². The summed E-state index contributed by atoms with van der Waals surface area (Å²) in [6.07, 6.45) is 8.55. The molecule has 1 aromatic carbocycles. The zero-order valence-electron chi connectivity index (χ0n) is 14.7. The predicted octanol–water partition coefficient (Wildman–Crippen LogP) is 4.91. The number of hydrogen-bond donors (Lipinski definition) is 1. The fourth-order valence-electron chi connectivity index (χ4n) is 5.82. The minimum absolute atomic E-state index is 0.369. The average molecular weight is 394 g/mol. The molecular formula is C20H28BrNO2. The molecule has 0 saturated heterocycles. The molecule has 4 aliphatic carbocycles. The minimum atomic E-state index is 0.369. The van der Waals surface area contributed by atoms with Crippen LogP contribution in [-0.4, -0.2) is 19.3 Å². The van der Waals surface area contributed by atoms with E-state index in [0.29, 0.717) is 12.1 Å². The molecule has 0 spiro atoms. The molecule has 4 aliphatic rings. The topological polar surface area (TPSA) is 30.5 Å². The highest BCUT2D eigenvalue weighted by Crippen LogP contribution is 2.55. The molecule has 0 unspecified atom stereocenters. The van der Waals surface area contributed by atoms with E-state index in [1.165, 1.54) is 44.1 Å². The van der Waals surface area contributed by atoms with Crippen LogP contribution in [0.5, 0.6) is 11.5 Å². The molecule has 3 nitrogen and oxygen atoms in total. The van der Waals surface area contributed by atoms with Crippen molar-refractivity contribution < 1.29 is 9.47 Å². The van der Waals surface area contributed by atoms with Gasteiger partial charge in [0.1, 0.15) is 0 Å². The van der Waals surface area contributed by atoms with E-state index < -0.39 is 0 Å². The third kappa shape index (κ3) is 3.08. The normalized spacial score (nSPS) is 33.7. The van der Waals surface area contributed by atoms with Crippen LogP contribution in [0, 0.1) is 17.8 Å². The minimum Gasteiger partial charge on any atom is -0.493 e. The monoisotopic (exact) mass is 393 g/mol. The number of halogens is 1. The molecule has 5 rings (SSSR count). The largest absolute Gasteiger partial charge is 0.493 e. The highest BCUT2D eigenvalue weighted by Gasteiger charge is 2.50. The molecule has 24 heavy (non-hydrogen) atoms. The zero-order chi connectivity index (χ0) is 16.7. The molecule has 0 atom stereocenters. The molecule has 4 fully saturated rings. The molecule has 4 heteroatoms. The lowest BCUT2D eigenvalue weighted by atomic mass is 9.53. The van der Waals surface area contributed by atoms with Crippen molar-refractivity contribution >= 4 is 15.9 Å². The van der Waals surface area contributed by atoms with Gasteiger partial charge in [-0.2, -0.15) is 0 Å². The Morgan fingerprint density at radius 2 is 1.75 bits per heavy atom. The van der Waals surface area contributed by atoms with Crippen molar-refractivity contribution in [2.75, 3.05) is 13.7 Å². The summed E-state index contributed by atoms with van der Waals surface area (Å²) in [5.74, 6) is 4.60. The SMILES string of the molecule is CCOc1c(CNC23CC4CC(CC(C4)C2)C3)cc(Br)cc1OC. The van der Waals surface area contributed by atoms with Crippen molar-refractivity contribution in [1.82, 2.24) is 5.32 Å². The van der Waals surface area contributed by atoms with E-state index in [4.69, 9.17) is 9.47 Å². The summed E-state index contributed by atoms with van der Waals surface area (Å²) in [6.45, 7) is 3.54. The van der Waals surface area contributed by atoms with Gasteiger partial charge in [-0.25, -0.2) is 0 Å². The summed E-state index contributed by atoms with van der Waals surface area (Å²) < 4.78 is 12.5. The lowest BCUT2D eigenvalue weighted by molar-refractivity contribution is -0.0206. The average Bonchev–Trinajstić information content (AvgIpc) is 2.53. The third-order valence-corrected chi connectivity index (χ3v) is 6.76. The zero-order valence-corrected chi connectivity index (χ0v) is 16.3. The fraction of sp³-hybridized carbons (Fsp3) is 0.700. The van der Waals surface area contributed by atoms with Crippen LogP contribution in [0.2, 0.25) is 0 Å². The molecule has 1 aromatic rings. The second-order valence-corrected chi connectivity index (χ2v) is 9.00. The van der Waals surface area contributed by atoms with Crippen LogP contribution in [0.25, 0.3) is 0 Å². The molecular weight excluding hydrogens is 366 g/mol. The maximum Gasteiger partial charge on any atom is 0.165 e. The molecule has 0 aromatic heterocycles. The summed E-state index contributed by atoms with van der Waals surface area (Å²) in [4.78, 5) is 0. The third-order valence-electron chi connectivity index (χ3n) is 6.30. The van der Waals surface area contributed by atoms with Crippen molar-refractivity contribution in [2.45, 2.75) is 57.5 Å². The van der Waals surface area contributed by atoms with Crippen molar-refractivity contribution in [2.24, 2.45) is 17.8 Å². The first-order valence-electron chi connectivity index (χ1n) is 9.35. The molecule has 0 aliphatic heterocycles. The molecule has 0 amide bonds. The lowest BCUT2D eigenvalue weighted by Crippen LogP contribution is -2.58. The van der Waals surface area contributed by atoms with Crippen LogP contribution in [0.4, 0.5) is 0 Å². The Morgan fingerprint density at radius 1 is 1.12 bits per heavy atom. The number of rotatable bonds is 6. The van der Waals surface area contributed by atoms with E-state index >= 15 is 0 Å². The molecule has 1 N–H and O–H groups in total. The summed E-state index contributed by atoms with van der Waals surface area (Å²) in [5.41, 5.74) is 1.56. The highest BCUT2D eigenvalue weighted by atomic mass is 79.9. The van der Waals surface area contributed by atoms with Crippen molar-refractivity contribution in [3.05, 3.63) is 22.2 Å². The Bertz CT molecular complexity index is 581. The predicted molar refractivity (Wildman–Crippen MR) is 99.6 cm³/mol. The van der Waals surface area contributed by atoms with Gasteiger partial charge in [-0.3, -0.25) is 0 Å². The first-order chi connectivity index (χ1) is 11.6. The number of benzene rings is 1. The van der Waals surface area contributed by atoms with Crippen molar-refractivity contribution in [3.63, 3.8) is 0 Å². The summed E-state index contributed by atoms with van der Waals surface area (Å²) in [6, 6.07) is 4.15. The van der Waals surface area contributed by atoms with Gasteiger partial charge in [-0.05, 0) is 75.3 Å². The number of ether oxygens (including phenoxy) is 2. The lowest BCUT2D eigenvalue weighted by Gasteiger charge is -2.57. The van der Waals surface area contributed by atoms with Gasteiger partial charge in [0.25, 0.3) is 0 Å². The Labute approximate surface area is 153 Å². The van der Waals surface area contributed by atoms with Crippen LogP contribution >= 0.6 is 15.9 Å². The quantitative estimate of drug-likeness (QED) is 0.743. The van der Waals surface area contributed by atoms with Gasteiger partial charge in [0.15, 0.2) is 11.5 Å². The standard InChI is InChI=1S/C20H28BrNO2/c1-3-24-19-16(7-17(21)8-18(19)23-2)12-22-20-9-13-4-14(10-20)6-15(5-13)11-20/h7-8,13-15,22H,3-6,9-12H2,1-2H3. The second-order valence-electron chi connectivity index (χ2n) is 8.08. The Kier molecular flexibility index (Phi) is 4.55. The number of hydrogen-bond acceptors (Lipinski definition) is 3. The maximum absolute atomic E-state index is 5.90. The van der Waals surface area contributed by atoms with Crippen LogP contribution in [-0.2, 0) is 6.54 Å².